The van der Waals surface area contributed by atoms with E-state index in [1.54, 1.807) is 31.2 Å². The summed E-state index contributed by atoms with van der Waals surface area (Å²) in [5, 5.41) is 6.55. The quantitative estimate of drug-likeness (QED) is 0.399. The van der Waals surface area contributed by atoms with Crippen LogP contribution in [0.1, 0.15) is 29.7 Å². The number of esters is 1. The van der Waals surface area contributed by atoms with Crippen LogP contribution in [0.4, 0.5) is 4.79 Å². The number of hydrogen-bond acceptors (Lipinski definition) is 4. The summed E-state index contributed by atoms with van der Waals surface area (Å²) in [6.45, 7) is 2.27. The van der Waals surface area contributed by atoms with Crippen LogP contribution in [0, 0.1) is 0 Å². The second kappa shape index (κ2) is 10.6. The first-order valence-corrected chi connectivity index (χ1v) is 11.4. The number of hydrogen-bond donors (Lipinski definition) is 2. The molecule has 0 radical (unpaired) electrons. The lowest BCUT2D eigenvalue weighted by atomic mass is 9.92. The highest BCUT2D eigenvalue weighted by Crippen LogP contribution is 2.33. The van der Waals surface area contributed by atoms with Crippen LogP contribution in [0.2, 0.25) is 10.0 Å². The first-order valence-electron chi connectivity index (χ1n) is 10.7. The maximum Gasteiger partial charge on any atom is 0.338 e. The summed E-state index contributed by atoms with van der Waals surface area (Å²) >= 11 is 12.0. The zero-order valence-corrected chi connectivity index (χ0v) is 19.8. The Morgan fingerprint density at radius 2 is 1.71 bits per heavy atom. The average Bonchev–Trinajstić information content (AvgIpc) is 2.85. The Balaban J connectivity index is 1.61. The van der Waals surface area contributed by atoms with Crippen LogP contribution < -0.4 is 15.4 Å². The van der Waals surface area contributed by atoms with E-state index in [9.17, 15) is 9.59 Å². The minimum absolute atomic E-state index is 0.215. The van der Waals surface area contributed by atoms with Gasteiger partial charge in [-0.25, -0.2) is 9.59 Å². The van der Waals surface area contributed by atoms with Gasteiger partial charge in [-0.2, -0.15) is 0 Å². The van der Waals surface area contributed by atoms with E-state index < -0.39 is 18.0 Å². The molecule has 8 heteroatoms. The molecule has 0 aromatic heterocycles. The van der Waals surface area contributed by atoms with Crippen LogP contribution in [0.3, 0.4) is 0 Å². The molecule has 1 heterocycles. The van der Waals surface area contributed by atoms with E-state index in [2.05, 4.69) is 10.6 Å². The van der Waals surface area contributed by atoms with E-state index in [1.165, 1.54) is 0 Å². The largest absolute Gasteiger partial charge is 0.489 e. The lowest BCUT2D eigenvalue weighted by Gasteiger charge is -2.29. The minimum Gasteiger partial charge on any atom is -0.489 e. The van der Waals surface area contributed by atoms with Crippen molar-refractivity contribution >= 4 is 40.9 Å². The molecule has 0 spiro atoms. The lowest BCUT2D eigenvalue weighted by molar-refractivity contribution is -0.138. The molecule has 1 atom stereocenters. The Kier molecular flexibility index (Phi) is 7.40. The van der Waals surface area contributed by atoms with E-state index in [-0.39, 0.29) is 6.61 Å². The lowest BCUT2D eigenvalue weighted by Crippen LogP contribution is -2.45. The predicted molar refractivity (Wildman–Crippen MR) is 132 cm³/mol. The van der Waals surface area contributed by atoms with Crippen molar-refractivity contribution in [3.05, 3.63) is 105 Å². The Labute approximate surface area is 207 Å². The van der Waals surface area contributed by atoms with Crippen LogP contribution in [-0.2, 0) is 16.1 Å². The molecule has 0 aliphatic carbocycles. The van der Waals surface area contributed by atoms with E-state index in [1.807, 2.05) is 48.5 Å². The Morgan fingerprint density at radius 1 is 0.971 bits per heavy atom. The van der Waals surface area contributed by atoms with Crippen molar-refractivity contribution in [2.24, 2.45) is 0 Å². The summed E-state index contributed by atoms with van der Waals surface area (Å²) < 4.78 is 11.2. The SMILES string of the molecule is CCOC(=O)C1=C(c2ccccc2)NC(=O)N[C@@H]1c1ccc(OCc2ccc(Cl)c(Cl)c2)cc1. The van der Waals surface area contributed by atoms with E-state index in [4.69, 9.17) is 32.7 Å². The number of rotatable bonds is 7. The van der Waals surface area contributed by atoms with Crippen molar-refractivity contribution in [3.63, 3.8) is 0 Å². The van der Waals surface area contributed by atoms with Crippen molar-refractivity contribution in [1.29, 1.82) is 0 Å². The normalized spacial score (nSPS) is 15.4. The highest BCUT2D eigenvalue weighted by atomic mass is 35.5. The van der Waals surface area contributed by atoms with E-state index >= 15 is 0 Å². The molecule has 174 valence electrons. The van der Waals surface area contributed by atoms with Crippen molar-refractivity contribution in [2.45, 2.75) is 19.6 Å². The van der Waals surface area contributed by atoms with Crippen LogP contribution >= 0.6 is 23.2 Å². The summed E-state index contributed by atoms with van der Waals surface area (Å²) in [7, 11) is 0. The van der Waals surface area contributed by atoms with Crippen molar-refractivity contribution in [2.75, 3.05) is 6.61 Å². The van der Waals surface area contributed by atoms with Gasteiger partial charge in [0.1, 0.15) is 12.4 Å². The Hall–Kier alpha value is -3.48. The number of urea groups is 1. The van der Waals surface area contributed by atoms with Gasteiger partial charge in [0.15, 0.2) is 0 Å². The van der Waals surface area contributed by atoms with Gasteiger partial charge in [-0.05, 0) is 47.9 Å². The summed E-state index contributed by atoms with van der Waals surface area (Å²) in [5.74, 6) is 0.124. The topological polar surface area (TPSA) is 76.7 Å². The van der Waals surface area contributed by atoms with Gasteiger partial charge in [-0.15, -0.1) is 0 Å². The second-order valence-electron chi connectivity index (χ2n) is 7.51. The van der Waals surface area contributed by atoms with Gasteiger partial charge in [0.25, 0.3) is 0 Å². The van der Waals surface area contributed by atoms with Crippen molar-refractivity contribution < 1.29 is 19.1 Å². The Morgan fingerprint density at radius 3 is 2.38 bits per heavy atom. The molecule has 4 rings (SSSR count). The number of halogens is 2. The van der Waals surface area contributed by atoms with E-state index in [0.717, 1.165) is 5.56 Å². The van der Waals surface area contributed by atoms with Gasteiger partial charge >= 0.3 is 12.0 Å². The maximum absolute atomic E-state index is 12.9. The zero-order chi connectivity index (χ0) is 24.1. The summed E-state index contributed by atoms with van der Waals surface area (Å²) in [4.78, 5) is 25.4. The van der Waals surface area contributed by atoms with Gasteiger partial charge in [0.05, 0.1) is 34.0 Å². The van der Waals surface area contributed by atoms with Crippen LogP contribution in [-0.4, -0.2) is 18.6 Å². The molecule has 34 heavy (non-hydrogen) atoms. The summed E-state index contributed by atoms with van der Waals surface area (Å²) in [6, 6.07) is 20.6. The minimum atomic E-state index is -0.688. The van der Waals surface area contributed by atoms with E-state index in [0.29, 0.717) is 44.8 Å². The monoisotopic (exact) mass is 496 g/mol. The first kappa shape index (κ1) is 23.7. The summed E-state index contributed by atoms with van der Waals surface area (Å²) in [5.41, 5.74) is 3.06. The molecule has 2 amide bonds. The molecule has 0 saturated heterocycles. The van der Waals surface area contributed by atoms with Crippen molar-refractivity contribution in [1.82, 2.24) is 10.6 Å². The molecule has 0 fully saturated rings. The molecular formula is C26H22Cl2N2O4. The number of carbonyl (C=O) groups is 2. The third kappa shape index (κ3) is 5.35. The highest BCUT2D eigenvalue weighted by molar-refractivity contribution is 6.42. The highest BCUT2D eigenvalue weighted by Gasteiger charge is 2.34. The molecular weight excluding hydrogens is 475 g/mol. The molecule has 1 aliphatic heterocycles. The fourth-order valence-corrected chi connectivity index (χ4v) is 3.95. The second-order valence-corrected chi connectivity index (χ2v) is 8.33. The van der Waals surface area contributed by atoms with Gasteiger partial charge in [-0.1, -0.05) is 71.7 Å². The standard InChI is InChI=1S/C26H22Cl2N2O4/c1-2-33-25(31)22-23(17-6-4-3-5-7-17)29-26(32)30-24(22)18-9-11-19(12-10-18)34-15-16-8-13-20(27)21(28)14-16/h3-14,24H,2,15H2,1H3,(H2,29,30,32)/t24-/m1/s1. The number of amides is 2. The zero-order valence-electron chi connectivity index (χ0n) is 18.3. The number of carbonyl (C=O) groups excluding carboxylic acids is 2. The van der Waals surface area contributed by atoms with Crippen LogP contribution in [0.25, 0.3) is 5.70 Å². The molecule has 1 aliphatic rings. The molecule has 3 aromatic carbocycles. The predicted octanol–water partition coefficient (Wildman–Crippen LogP) is 5.90. The van der Waals surface area contributed by atoms with Crippen molar-refractivity contribution in [3.8, 4) is 5.75 Å². The van der Waals surface area contributed by atoms with Crippen LogP contribution in [0.15, 0.2) is 78.4 Å². The molecule has 2 N–H and O–H groups in total. The number of benzene rings is 3. The third-order valence-electron chi connectivity index (χ3n) is 5.23. The molecule has 6 nitrogen and oxygen atoms in total. The maximum atomic E-state index is 12.9. The Bertz CT molecular complexity index is 1230. The average molecular weight is 497 g/mol. The summed E-state index contributed by atoms with van der Waals surface area (Å²) in [6.07, 6.45) is 0. The third-order valence-corrected chi connectivity index (χ3v) is 5.97. The molecule has 3 aromatic rings. The van der Waals surface area contributed by atoms with Gasteiger partial charge in [0, 0.05) is 0 Å². The molecule has 0 bridgehead atoms. The number of nitrogens with one attached hydrogen (secondary N) is 2. The number of ether oxygens (including phenoxy) is 2. The molecule has 0 saturated carbocycles. The van der Waals surface area contributed by atoms with Crippen LogP contribution in [0.5, 0.6) is 5.75 Å². The fourth-order valence-electron chi connectivity index (χ4n) is 3.63. The smallest absolute Gasteiger partial charge is 0.338 e. The first-order chi connectivity index (χ1) is 16.5. The van der Waals surface area contributed by atoms with Gasteiger partial charge < -0.3 is 20.1 Å². The fraction of sp³-hybridized carbons (Fsp3) is 0.154. The van der Waals surface area contributed by atoms with Gasteiger partial charge in [0.2, 0.25) is 0 Å². The van der Waals surface area contributed by atoms with Gasteiger partial charge in [-0.3, -0.25) is 0 Å². The molecule has 0 unspecified atom stereocenters.